The highest BCUT2D eigenvalue weighted by molar-refractivity contribution is 5.94. The number of esters is 1. The van der Waals surface area contributed by atoms with Gasteiger partial charge in [-0.15, -0.1) is 0 Å². The standard InChI is InChI=1S/C12H14O3/c1-4-12(2)10-7-8(14-3)5-6-9(10)11(13)15-12/h5-7H,4H2,1-3H3. The lowest BCUT2D eigenvalue weighted by atomic mass is 9.92. The average Bonchev–Trinajstić information content (AvgIpc) is 2.52. The molecule has 80 valence electrons. The third-order valence-corrected chi connectivity index (χ3v) is 3.01. The van der Waals surface area contributed by atoms with Crippen molar-refractivity contribution in [1.82, 2.24) is 0 Å². The van der Waals surface area contributed by atoms with Crippen LogP contribution in [0.25, 0.3) is 0 Å². The molecule has 0 N–H and O–H groups in total. The molecule has 1 atom stereocenters. The zero-order chi connectivity index (χ0) is 11.1. The van der Waals surface area contributed by atoms with E-state index in [4.69, 9.17) is 9.47 Å². The second kappa shape index (κ2) is 3.26. The minimum atomic E-state index is -0.499. The van der Waals surface area contributed by atoms with E-state index in [0.717, 1.165) is 17.7 Å². The molecule has 1 aromatic rings. The smallest absolute Gasteiger partial charge is 0.339 e. The molecule has 3 nitrogen and oxygen atoms in total. The summed E-state index contributed by atoms with van der Waals surface area (Å²) in [6.07, 6.45) is 0.763. The maximum atomic E-state index is 11.6. The molecule has 0 spiro atoms. The summed E-state index contributed by atoms with van der Waals surface area (Å²) in [5.41, 5.74) is 1.08. The van der Waals surface area contributed by atoms with E-state index in [1.54, 1.807) is 19.2 Å². The summed E-state index contributed by atoms with van der Waals surface area (Å²) >= 11 is 0. The van der Waals surface area contributed by atoms with Crippen LogP contribution >= 0.6 is 0 Å². The van der Waals surface area contributed by atoms with Crippen molar-refractivity contribution in [2.45, 2.75) is 25.9 Å². The van der Waals surface area contributed by atoms with Crippen LogP contribution < -0.4 is 4.74 Å². The summed E-state index contributed by atoms with van der Waals surface area (Å²) in [6, 6.07) is 5.42. The van der Waals surface area contributed by atoms with E-state index in [0.29, 0.717) is 5.56 Å². The van der Waals surface area contributed by atoms with Gasteiger partial charge in [-0.1, -0.05) is 6.92 Å². The molecule has 0 radical (unpaired) electrons. The van der Waals surface area contributed by atoms with E-state index >= 15 is 0 Å². The predicted molar refractivity (Wildman–Crippen MR) is 56.1 cm³/mol. The van der Waals surface area contributed by atoms with E-state index in [9.17, 15) is 4.79 Å². The van der Waals surface area contributed by atoms with Gasteiger partial charge in [-0.25, -0.2) is 4.79 Å². The molecule has 1 heterocycles. The minimum Gasteiger partial charge on any atom is -0.497 e. The molecular weight excluding hydrogens is 192 g/mol. The molecule has 2 rings (SSSR count). The van der Waals surface area contributed by atoms with Gasteiger partial charge in [-0.05, 0) is 31.5 Å². The summed E-state index contributed by atoms with van der Waals surface area (Å²) in [5.74, 6) is 0.517. The first kappa shape index (κ1) is 10.0. The number of rotatable bonds is 2. The lowest BCUT2D eigenvalue weighted by molar-refractivity contribution is -0.000821. The molecule has 0 saturated heterocycles. The number of methoxy groups -OCH3 is 1. The van der Waals surface area contributed by atoms with Crippen LogP contribution in [-0.2, 0) is 10.3 Å². The SMILES string of the molecule is CCC1(C)OC(=O)c2ccc(OC)cc21. The first-order valence-electron chi connectivity index (χ1n) is 5.02. The Labute approximate surface area is 89.0 Å². The predicted octanol–water partition coefficient (Wildman–Crippen LogP) is 2.49. The van der Waals surface area contributed by atoms with Crippen LogP contribution in [0.3, 0.4) is 0 Å². The first-order chi connectivity index (χ1) is 7.10. The topological polar surface area (TPSA) is 35.5 Å². The Balaban J connectivity index is 2.57. The second-order valence-corrected chi connectivity index (χ2v) is 3.89. The third-order valence-electron chi connectivity index (χ3n) is 3.01. The molecule has 0 amide bonds. The number of ether oxygens (including phenoxy) is 2. The summed E-state index contributed by atoms with van der Waals surface area (Å²) in [5, 5.41) is 0. The number of carbonyl (C=O) groups excluding carboxylic acids is 1. The highest BCUT2D eigenvalue weighted by Gasteiger charge is 2.40. The van der Waals surface area contributed by atoms with Crippen molar-refractivity contribution in [3.8, 4) is 5.75 Å². The number of benzene rings is 1. The van der Waals surface area contributed by atoms with Crippen molar-refractivity contribution in [3.05, 3.63) is 29.3 Å². The van der Waals surface area contributed by atoms with E-state index in [-0.39, 0.29) is 5.97 Å². The van der Waals surface area contributed by atoms with E-state index < -0.39 is 5.60 Å². The van der Waals surface area contributed by atoms with E-state index in [2.05, 4.69) is 0 Å². The summed E-state index contributed by atoms with van der Waals surface area (Å²) in [6.45, 7) is 3.93. The van der Waals surface area contributed by atoms with Crippen molar-refractivity contribution >= 4 is 5.97 Å². The molecule has 1 aliphatic heterocycles. The Bertz CT molecular complexity index is 411. The Hall–Kier alpha value is -1.51. The molecule has 0 bridgehead atoms. The van der Waals surface area contributed by atoms with Crippen LogP contribution in [0.4, 0.5) is 0 Å². The summed E-state index contributed by atoms with van der Waals surface area (Å²) in [4.78, 5) is 11.6. The van der Waals surface area contributed by atoms with Gasteiger partial charge in [0.25, 0.3) is 0 Å². The van der Waals surface area contributed by atoms with Gasteiger partial charge >= 0.3 is 5.97 Å². The summed E-state index contributed by atoms with van der Waals surface area (Å²) < 4.78 is 10.5. The monoisotopic (exact) mass is 206 g/mol. The van der Waals surface area contributed by atoms with Crippen molar-refractivity contribution in [2.24, 2.45) is 0 Å². The Morgan fingerprint density at radius 3 is 2.80 bits per heavy atom. The Kier molecular flexibility index (Phi) is 2.18. The van der Waals surface area contributed by atoms with Gasteiger partial charge in [0.15, 0.2) is 0 Å². The highest BCUT2D eigenvalue weighted by atomic mass is 16.6. The molecule has 1 aromatic carbocycles. The average molecular weight is 206 g/mol. The maximum Gasteiger partial charge on any atom is 0.339 e. The fourth-order valence-electron chi connectivity index (χ4n) is 1.84. The quantitative estimate of drug-likeness (QED) is 0.697. The zero-order valence-electron chi connectivity index (χ0n) is 9.16. The van der Waals surface area contributed by atoms with Gasteiger partial charge in [0.2, 0.25) is 0 Å². The van der Waals surface area contributed by atoms with Gasteiger partial charge < -0.3 is 9.47 Å². The van der Waals surface area contributed by atoms with Gasteiger partial charge in [0, 0.05) is 5.56 Å². The fraction of sp³-hybridized carbons (Fsp3) is 0.417. The molecule has 3 heteroatoms. The van der Waals surface area contributed by atoms with Gasteiger partial charge in [0.05, 0.1) is 12.7 Å². The molecular formula is C12H14O3. The van der Waals surface area contributed by atoms with Crippen LogP contribution in [0.1, 0.15) is 36.2 Å². The normalized spacial score (nSPS) is 23.5. The second-order valence-electron chi connectivity index (χ2n) is 3.89. The van der Waals surface area contributed by atoms with Crippen molar-refractivity contribution in [3.63, 3.8) is 0 Å². The van der Waals surface area contributed by atoms with Crippen LogP contribution in [0, 0.1) is 0 Å². The Morgan fingerprint density at radius 1 is 1.47 bits per heavy atom. The van der Waals surface area contributed by atoms with Crippen molar-refractivity contribution < 1.29 is 14.3 Å². The van der Waals surface area contributed by atoms with E-state index in [1.165, 1.54) is 0 Å². The van der Waals surface area contributed by atoms with E-state index in [1.807, 2.05) is 19.9 Å². The largest absolute Gasteiger partial charge is 0.497 e. The molecule has 0 fully saturated rings. The zero-order valence-corrected chi connectivity index (χ0v) is 9.16. The molecule has 1 aliphatic rings. The van der Waals surface area contributed by atoms with Crippen LogP contribution in [0.2, 0.25) is 0 Å². The van der Waals surface area contributed by atoms with Crippen LogP contribution in [-0.4, -0.2) is 13.1 Å². The lowest BCUT2D eigenvalue weighted by Crippen LogP contribution is -2.20. The maximum absolute atomic E-state index is 11.6. The van der Waals surface area contributed by atoms with Gasteiger partial charge in [0.1, 0.15) is 11.4 Å². The molecule has 1 unspecified atom stereocenters. The molecule has 0 aliphatic carbocycles. The molecule has 0 aromatic heterocycles. The number of fused-ring (bicyclic) bond motifs is 1. The first-order valence-corrected chi connectivity index (χ1v) is 5.02. The lowest BCUT2D eigenvalue weighted by Gasteiger charge is -2.21. The van der Waals surface area contributed by atoms with Gasteiger partial charge in [-0.3, -0.25) is 0 Å². The number of carbonyl (C=O) groups is 1. The van der Waals surface area contributed by atoms with Crippen molar-refractivity contribution in [1.29, 1.82) is 0 Å². The molecule has 0 saturated carbocycles. The summed E-state index contributed by atoms with van der Waals surface area (Å²) in [7, 11) is 1.61. The minimum absolute atomic E-state index is 0.239. The van der Waals surface area contributed by atoms with Gasteiger partial charge in [-0.2, -0.15) is 0 Å². The fourth-order valence-corrected chi connectivity index (χ4v) is 1.84. The number of hydrogen-bond acceptors (Lipinski definition) is 3. The van der Waals surface area contributed by atoms with Crippen LogP contribution in [0.5, 0.6) is 5.75 Å². The third kappa shape index (κ3) is 1.39. The number of cyclic esters (lactones) is 1. The Morgan fingerprint density at radius 2 is 2.20 bits per heavy atom. The number of hydrogen-bond donors (Lipinski definition) is 0. The van der Waals surface area contributed by atoms with Crippen LogP contribution in [0.15, 0.2) is 18.2 Å². The molecule has 15 heavy (non-hydrogen) atoms. The highest BCUT2D eigenvalue weighted by Crippen LogP contribution is 2.40. The van der Waals surface area contributed by atoms with Crippen molar-refractivity contribution in [2.75, 3.05) is 7.11 Å².